The smallest absolute Gasteiger partial charge is 0.269 e. The van der Waals surface area contributed by atoms with Crippen LogP contribution in [0, 0.1) is 11.6 Å². The summed E-state index contributed by atoms with van der Waals surface area (Å²) in [6.07, 6.45) is 0. The van der Waals surface area contributed by atoms with Crippen LogP contribution in [-0.2, 0) is 13.6 Å². The van der Waals surface area contributed by atoms with Gasteiger partial charge < -0.3 is 5.32 Å². The Hall–Kier alpha value is -3.02. The van der Waals surface area contributed by atoms with Crippen molar-refractivity contribution < 1.29 is 13.6 Å². The van der Waals surface area contributed by atoms with Crippen molar-refractivity contribution in [2.75, 3.05) is 0 Å². The van der Waals surface area contributed by atoms with Crippen LogP contribution in [0.4, 0.5) is 8.78 Å². The summed E-state index contributed by atoms with van der Waals surface area (Å²) in [4.78, 5) is 12.3. The molecule has 0 aliphatic rings. The van der Waals surface area contributed by atoms with E-state index in [9.17, 15) is 13.6 Å². The van der Waals surface area contributed by atoms with Gasteiger partial charge in [0, 0.05) is 19.2 Å². The van der Waals surface area contributed by atoms with Gasteiger partial charge in [-0.15, -0.1) is 0 Å². The SMILES string of the molecule is Cn1nc(-c2ccc(F)cc2)cc1C(=O)NCc1ccc(F)cc1. The van der Waals surface area contributed by atoms with Gasteiger partial charge in [-0.05, 0) is 48.0 Å². The van der Waals surface area contributed by atoms with Crippen LogP contribution in [0.5, 0.6) is 0 Å². The van der Waals surface area contributed by atoms with Crippen LogP contribution in [0.3, 0.4) is 0 Å². The Kier molecular flexibility index (Phi) is 4.37. The van der Waals surface area contributed by atoms with Gasteiger partial charge in [0.15, 0.2) is 0 Å². The first-order valence-electron chi connectivity index (χ1n) is 7.35. The number of carbonyl (C=O) groups excluding carboxylic acids is 1. The standard InChI is InChI=1S/C18H15F2N3O/c1-23-17(10-16(22-23)13-4-8-15(20)9-5-13)18(24)21-11-12-2-6-14(19)7-3-12/h2-10H,11H2,1H3,(H,21,24). The molecular weight excluding hydrogens is 312 g/mol. The molecule has 0 bridgehead atoms. The third kappa shape index (κ3) is 3.48. The van der Waals surface area contributed by atoms with Crippen molar-refractivity contribution in [1.82, 2.24) is 15.1 Å². The fourth-order valence-electron chi connectivity index (χ4n) is 2.32. The molecule has 3 rings (SSSR count). The third-order valence-electron chi connectivity index (χ3n) is 3.62. The first-order chi connectivity index (χ1) is 11.5. The molecule has 0 aliphatic carbocycles. The van der Waals surface area contributed by atoms with Gasteiger partial charge >= 0.3 is 0 Å². The van der Waals surface area contributed by atoms with E-state index in [1.165, 1.54) is 28.9 Å². The van der Waals surface area contributed by atoms with Crippen molar-refractivity contribution in [2.24, 2.45) is 7.05 Å². The van der Waals surface area contributed by atoms with Gasteiger partial charge in [-0.1, -0.05) is 12.1 Å². The molecule has 3 aromatic rings. The summed E-state index contributed by atoms with van der Waals surface area (Å²) in [6.45, 7) is 0.288. The van der Waals surface area contributed by atoms with Gasteiger partial charge in [0.05, 0.1) is 5.69 Å². The zero-order chi connectivity index (χ0) is 17.1. The average Bonchev–Trinajstić information content (AvgIpc) is 2.96. The summed E-state index contributed by atoms with van der Waals surface area (Å²) >= 11 is 0. The monoisotopic (exact) mass is 327 g/mol. The number of rotatable bonds is 4. The lowest BCUT2D eigenvalue weighted by molar-refractivity contribution is 0.0941. The van der Waals surface area contributed by atoms with E-state index in [0.717, 1.165) is 11.1 Å². The topological polar surface area (TPSA) is 46.9 Å². The first kappa shape index (κ1) is 15.9. The molecule has 2 aromatic carbocycles. The van der Waals surface area contributed by atoms with Gasteiger partial charge in [0.25, 0.3) is 5.91 Å². The number of halogens is 2. The molecule has 6 heteroatoms. The lowest BCUT2D eigenvalue weighted by Gasteiger charge is -2.05. The Balaban J connectivity index is 1.73. The van der Waals surface area contributed by atoms with Gasteiger partial charge in [-0.25, -0.2) is 8.78 Å². The molecule has 0 aliphatic heterocycles. The first-order valence-corrected chi connectivity index (χ1v) is 7.35. The maximum atomic E-state index is 13.0. The summed E-state index contributed by atoms with van der Waals surface area (Å²) in [5, 5.41) is 7.05. The zero-order valence-corrected chi connectivity index (χ0v) is 13.0. The highest BCUT2D eigenvalue weighted by Crippen LogP contribution is 2.19. The van der Waals surface area contributed by atoms with Crippen LogP contribution >= 0.6 is 0 Å². The number of carbonyl (C=O) groups is 1. The van der Waals surface area contributed by atoms with Gasteiger partial charge in [-0.3, -0.25) is 9.48 Å². The lowest BCUT2D eigenvalue weighted by atomic mass is 10.1. The molecule has 1 aromatic heterocycles. The van der Waals surface area contributed by atoms with E-state index in [1.54, 1.807) is 37.4 Å². The second kappa shape index (κ2) is 6.62. The molecule has 24 heavy (non-hydrogen) atoms. The number of benzene rings is 2. The predicted octanol–water partition coefficient (Wildman–Crippen LogP) is 3.30. The predicted molar refractivity (Wildman–Crippen MR) is 86.2 cm³/mol. The Morgan fingerprint density at radius 3 is 2.25 bits per heavy atom. The minimum atomic E-state index is -0.327. The molecule has 4 nitrogen and oxygen atoms in total. The van der Waals surface area contributed by atoms with Crippen LogP contribution in [0.2, 0.25) is 0 Å². The third-order valence-corrected chi connectivity index (χ3v) is 3.62. The number of amides is 1. The number of hydrogen-bond acceptors (Lipinski definition) is 2. The Morgan fingerprint density at radius 1 is 1.04 bits per heavy atom. The van der Waals surface area contributed by atoms with Crippen LogP contribution in [0.25, 0.3) is 11.3 Å². The average molecular weight is 327 g/mol. The molecule has 0 unspecified atom stereocenters. The van der Waals surface area contributed by atoms with E-state index >= 15 is 0 Å². The molecule has 1 N–H and O–H groups in total. The molecule has 0 saturated heterocycles. The van der Waals surface area contributed by atoms with E-state index in [-0.39, 0.29) is 24.1 Å². The molecule has 1 amide bonds. The number of nitrogens with one attached hydrogen (secondary N) is 1. The minimum Gasteiger partial charge on any atom is -0.347 e. The van der Waals surface area contributed by atoms with Crippen molar-refractivity contribution >= 4 is 5.91 Å². The number of nitrogens with zero attached hydrogens (tertiary/aromatic N) is 2. The fraction of sp³-hybridized carbons (Fsp3) is 0.111. The van der Waals surface area contributed by atoms with Crippen molar-refractivity contribution in [2.45, 2.75) is 6.54 Å². The summed E-state index contributed by atoms with van der Waals surface area (Å²) in [5.41, 5.74) is 2.50. The van der Waals surface area contributed by atoms with Gasteiger partial charge in [0.2, 0.25) is 0 Å². The van der Waals surface area contributed by atoms with Crippen LogP contribution < -0.4 is 5.32 Å². The molecule has 0 atom stereocenters. The molecular formula is C18H15F2N3O. The van der Waals surface area contributed by atoms with Crippen LogP contribution in [0.15, 0.2) is 54.6 Å². The maximum absolute atomic E-state index is 13.0. The Morgan fingerprint density at radius 2 is 1.62 bits per heavy atom. The van der Waals surface area contributed by atoms with E-state index in [2.05, 4.69) is 10.4 Å². The van der Waals surface area contributed by atoms with E-state index in [4.69, 9.17) is 0 Å². The van der Waals surface area contributed by atoms with Crippen LogP contribution in [0.1, 0.15) is 16.1 Å². The normalized spacial score (nSPS) is 10.6. The van der Waals surface area contributed by atoms with Crippen molar-refractivity contribution in [3.05, 3.63) is 77.5 Å². The van der Waals surface area contributed by atoms with Gasteiger partial charge in [0.1, 0.15) is 17.3 Å². The molecule has 0 saturated carbocycles. The van der Waals surface area contributed by atoms with Crippen molar-refractivity contribution in [3.8, 4) is 11.3 Å². The van der Waals surface area contributed by atoms with Gasteiger partial charge in [-0.2, -0.15) is 5.10 Å². The highest BCUT2D eigenvalue weighted by Gasteiger charge is 2.14. The lowest BCUT2D eigenvalue weighted by Crippen LogP contribution is -2.25. The summed E-state index contributed by atoms with van der Waals surface area (Å²) < 4.78 is 27.3. The molecule has 0 radical (unpaired) electrons. The minimum absolute atomic E-state index is 0.288. The summed E-state index contributed by atoms with van der Waals surface area (Å²) in [5.74, 6) is -0.935. The molecule has 0 fully saturated rings. The molecule has 122 valence electrons. The number of aromatic nitrogens is 2. The second-order valence-corrected chi connectivity index (χ2v) is 5.35. The van der Waals surface area contributed by atoms with Crippen molar-refractivity contribution in [1.29, 1.82) is 0 Å². The fourth-order valence-corrected chi connectivity index (χ4v) is 2.32. The zero-order valence-electron chi connectivity index (χ0n) is 13.0. The second-order valence-electron chi connectivity index (χ2n) is 5.35. The van der Waals surface area contributed by atoms with Crippen molar-refractivity contribution in [3.63, 3.8) is 0 Å². The quantitative estimate of drug-likeness (QED) is 0.799. The Bertz CT molecular complexity index is 855. The maximum Gasteiger partial charge on any atom is 0.269 e. The highest BCUT2D eigenvalue weighted by molar-refractivity contribution is 5.93. The molecule has 1 heterocycles. The summed E-state index contributed by atoms with van der Waals surface area (Å²) in [7, 11) is 1.67. The van der Waals surface area contributed by atoms with E-state index < -0.39 is 0 Å². The van der Waals surface area contributed by atoms with E-state index in [0.29, 0.717) is 11.4 Å². The Labute approximate surface area is 137 Å². The molecule has 0 spiro atoms. The van der Waals surface area contributed by atoms with Crippen LogP contribution in [-0.4, -0.2) is 15.7 Å². The highest BCUT2D eigenvalue weighted by atomic mass is 19.1. The number of aryl methyl sites for hydroxylation is 1. The summed E-state index contributed by atoms with van der Waals surface area (Å²) in [6, 6.07) is 13.5. The largest absolute Gasteiger partial charge is 0.347 e. The van der Waals surface area contributed by atoms with E-state index in [1.807, 2.05) is 0 Å². The number of hydrogen-bond donors (Lipinski definition) is 1.